The van der Waals surface area contributed by atoms with Crippen molar-refractivity contribution in [2.24, 2.45) is 11.8 Å². The monoisotopic (exact) mass is 537 g/mol. The van der Waals surface area contributed by atoms with Crippen molar-refractivity contribution in [3.05, 3.63) is 0 Å². The van der Waals surface area contributed by atoms with Gasteiger partial charge in [-0.2, -0.15) is 0 Å². The van der Waals surface area contributed by atoms with Gasteiger partial charge in [0, 0.05) is 0 Å². The van der Waals surface area contributed by atoms with Crippen molar-refractivity contribution < 1.29 is 0 Å². The summed E-state index contributed by atoms with van der Waals surface area (Å²) >= 11 is -1.75. The molecule has 0 bridgehead atoms. The summed E-state index contributed by atoms with van der Waals surface area (Å²) in [6, 6.07) is 1.72. The molecule has 0 aromatic rings. The van der Waals surface area contributed by atoms with E-state index in [0.29, 0.717) is 0 Å². The fraction of sp³-hybridized carbons (Fsp3) is 1.00. The summed E-state index contributed by atoms with van der Waals surface area (Å²) in [5.41, 5.74) is 0. The molecule has 0 aromatic heterocycles. The molecule has 1 aliphatic rings. The zero-order valence-corrected chi connectivity index (χ0v) is 26.4. The first-order chi connectivity index (χ1) is 15.1. The molecule has 6 unspecified atom stereocenters. The van der Waals surface area contributed by atoms with Crippen LogP contribution in [0.2, 0.25) is 11.5 Å². The topological polar surface area (TPSA) is 3.24 Å². The van der Waals surface area contributed by atoms with Crippen LogP contribution in [-0.2, 0) is 0 Å². The maximum absolute atomic E-state index is 3.12. The molecule has 0 N–H and O–H groups in total. The molecule has 2 heteroatoms. The summed E-state index contributed by atoms with van der Waals surface area (Å²) in [6.07, 6.45) is 18.8. The third kappa shape index (κ3) is 8.22. The number of hydrogen-bond donors (Lipinski definition) is 0. The van der Waals surface area contributed by atoms with Crippen LogP contribution in [0.3, 0.4) is 0 Å². The van der Waals surface area contributed by atoms with E-state index in [0.717, 1.165) is 31.3 Å². The van der Waals surface area contributed by atoms with Gasteiger partial charge in [-0.25, -0.2) is 0 Å². The van der Waals surface area contributed by atoms with Crippen molar-refractivity contribution in [3.63, 3.8) is 0 Å². The molecule has 1 heterocycles. The van der Waals surface area contributed by atoms with E-state index in [9.17, 15) is 0 Å². The second-order valence-corrected chi connectivity index (χ2v) is 21.1. The van der Waals surface area contributed by atoms with Crippen molar-refractivity contribution in [1.82, 2.24) is 4.90 Å². The van der Waals surface area contributed by atoms with Crippen LogP contribution < -0.4 is 0 Å². The molecule has 1 aliphatic heterocycles. The van der Waals surface area contributed by atoms with Gasteiger partial charge >= 0.3 is 207 Å². The first kappa shape index (κ1) is 29.9. The molecule has 0 spiro atoms. The molecule has 31 heavy (non-hydrogen) atoms. The minimum atomic E-state index is -1.75. The molecule has 1 rings (SSSR count). The van der Waals surface area contributed by atoms with Gasteiger partial charge in [-0.3, -0.25) is 0 Å². The van der Waals surface area contributed by atoms with Gasteiger partial charge < -0.3 is 0 Å². The zero-order chi connectivity index (χ0) is 23.2. The molecular formula is C29H60InN. The standard InChI is InChI=1S/C26H53N.C3H7.In/c1-8-15-21-23(17-10-3)25(19-12-5)27(14-7)26(20-13-6)24(18-11-4)22-16-9-2;1-3-2;/h21-26H,8-20H2,1-7H3;1,3H2,2H3;. The Labute approximate surface area is 206 Å². The van der Waals surface area contributed by atoms with Gasteiger partial charge in [-0.15, -0.1) is 0 Å². The van der Waals surface area contributed by atoms with E-state index in [1.165, 1.54) is 77.2 Å². The first-order valence-electron chi connectivity index (χ1n) is 14.8. The molecule has 0 aromatic carbocycles. The molecule has 0 aliphatic carbocycles. The third-order valence-corrected chi connectivity index (χ3v) is 23.2. The van der Waals surface area contributed by atoms with E-state index in [1.807, 2.05) is 0 Å². The Balaban J connectivity index is 3.68. The summed E-state index contributed by atoms with van der Waals surface area (Å²) in [6.45, 7) is 21.1. The van der Waals surface area contributed by atoms with Crippen LogP contribution in [0.5, 0.6) is 0 Å². The van der Waals surface area contributed by atoms with E-state index < -0.39 is 21.4 Å². The van der Waals surface area contributed by atoms with E-state index in [2.05, 4.69) is 60.3 Å². The summed E-state index contributed by atoms with van der Waals surface area (Å²) < 4.78 is 3.98. The van der Waals surface area contributed by atoms with Gasteiger partial charge in [0.25, 0.3) is 0 Å². The number of nitrogens with zero attached hydrogens (tertiary/aromatic N) is 1. The molecular weight excluding hydrogens is 477 g/mol. The average Bonchev–Trinajstić information content (AvgIpc) is 2.76. The Bertz CT molecular complexity index is 391. The Kier molecular flexibility index (Phi) is 16.7. The second kappa shape index (κ2) is 17.3. The van der Waals surface area contributed by atoms with E-state index in [4.69, 9.17) is 0 Å². The molecule has 0 radical (unpaired) electrons. The maximum atomic E-state index is 3.12. The summed E-state index contributed by atoms with van der Waals surface area (Å²) in [5, 5.41) is 0. The first-order valence-corrected chi connectivity index (χ1v) is 21.0. The Morgan fingerprint density at radius 2 is 0.871 bits per heavy atom. The predicted molar refractivity (Wildman–Crippen MR) is 145 cm³/mol. The Morgan fingerprint density at radius 1 is 0.484 bits per heavy atom. The van der Waals surface area contributed by atoms with Gasteiger partial charge in [0.2, 0.25) is 0 Å². The van der Waals surface area contributed by atoms with Crippen LogP contribution in [0.15, 0.2) is 0 Å². The fourth-order valence-electron chi connectivity index (χ4n) is 7.85. The molecule has 6 atom stereocenters. The van der Waals surface area contributed by atoms with Crippen molar-refractivity contribution in [3.8, 4) is 0 Å². The average molecular weight is 538 g/mol. The fourth-order valence-corrected chi connectivity index (χ4v) is 24.5. The third-order valence-electron chi connectivity index (χ3n) is 8.68. The second-order valence-electron chi connectivity index (χ2n) is 10.8. The van der Waals surface area contributed by atoms with Gasteiger partial charge in [0.1, 0.15) is 0 Å². The summed E-state index contributed by atoms with van der Waals surface area (Å²) in [5.74, 6) is 2.00. The Hall–Kier alpha value is 0.830. The SMILES string of the molecule is CCCC1C(CCC)N(CC)C(CCC)C(CCC)[CH](CCC)[In]([CH2]CC)[CH]1CCC. The van der Waals surface area contributed by atoms with Crippen molar-refractivity contribution in [2.45, 2.75) is 162 Å². The van der Waals surface area contributed by atoms with Crippen LogP contribution in [-0.4, -0.2) is 45.0 Å². The molecule has 0 amide bonds. The Morgan fingerprint density at radius 3 is 1.16 bits per heavy atom. The van der Waals surface area contributed by atoms with Crippen LogP contribution >= 0.6 is 0 Å². The minimum absolute atomic E-state index is 0.862. The summed E-state index contributed by atoms with van der Waals surface area (Å²) in [4.78, 5) is 3.12. The predicted octanol–water partition coefficient (Wildman–Crippen LogP) is 9.74. The van der Waals surface area contributed by atoms with E-state index in [1.54, 1.807) is 17.0 Å². The van der Waals surface area contributed by atoms with Crippen LogP contribution in [0.25, 0.3) is 0 Å². The molecule has 1 saturated heterocycles. The van der Waals surface area contributed by atoms with E-state index >= 15 is 0 Å². The van der Waals surface area contributed by atoms with Gasteiger partial charge in [-0.05, 0) is 0 Å². The quantitative estimate of drug-likeness (QED) is 0.201. The van der Waals surface area contributed by atoms with Crippen LogP contribution in [0.1, 0.15) is 139 Å². The van der Waals surface area contributed by atoms with E-state index in [-0.39, 0.29) is 0 Å². The molecule has 1 nitrogen and oxygen atoms in total. The van der Waals surface area contributed by atoms with Gasteiger partial charge in [-0.1, -0.05) is 0 Å². The molecule has 0 saturated carbocycles. The number of hydrogen-bond acceptors (Lipinski definition) is 1. The van der Waals surface area contributed by atoms with Gasteiger partial charge in [0.05, 0.1) is 0 Å². The van der Waals surface area contributed by atoms with Gasteiger partial charge in [0.15, 0.2) is 0 Å². The normalized spacial score (nSPS) is 30.4. The van der Waals surface area contributed by atoms with Crippen molar-refractivity contribution in [1.29, 1.82) is 0 Å². The van der Waals surface area contributed by atoms with Crippen LogP contribution in [0.4, 0.5) is 0 Å². The van der Waals surface area contributed by atoms with Crippen molar-refractivity contribution in [2.75, 3.05) is 6.54 Å². The number of rotatable bonds is 15. The van der Waals surface area contributed by atoms with Crippen LogP contribution in [0, 0.1) is 11.8 Å². The van der Waals surface area contributed by atoms with Crippen molar-refractivity contribution >= 4 is 21.4 Å². The summed E-state index contributed by atoms with van der Waals surface area (Å²) in [7, 11) is 0. The molecule has 184 valence electrons. The molecule has 1 fully saturated rings. The zero-order valence-electron chi connectivity index (χ0n) is 23.1.